The van der Waals surface area contributed by atoms with Crippen LogP contribution in [0.3, 0.4) is 0 Å². The van der Waals surface area contributed by atoms with E-state index in [4.69, 9.17) is 25.1 Å². The third kappa shape index (κ3) is 22.7. The Hall–Kier alpha value is -0.826. The van der Waals surface area contributed by atoms with E-state index in [-0.39, 0.29) is 35.9 Å². The Morgan fingerprint density at radius 1 is 0.643 bits per heavy atom. The number of nitrogens with two attached hydrogens (primary N) is 2. The molecule has 0 spiro atoms. The molecule has 0 aliphatic rings. The van der Waals surface area contributed by atoms with Gasteiger partial charge in [0.05, 0.1) is 25.0 Å². The molecule has 0 saturated heterocycles. The minimum atomic E-state index is -1.90. The summed E-state index contributed by atoms with van der Waals surface area (Å²) in [7, 11) is -3.79. The zero-order valence-electron chi connectivity index (χ0n) is 28.9. The monoisotopic (exact) mass is 632 g/mol. The van der Waals surface area contributed by atoms with E-state index >= 15 is 0 Å². The Morgan fingerprint density at radius 3 is 1.52 bits per heavy atom. The molecule has 42 heavy (non-hydrogen) atoms. The summed E-state index contributed by atoms with van der Waals surface area (Å²) >= 11 is 0. The molecular weight excluding hydrogens is 565 g/mol. The number of carbonyl (C=O) groups excluding carboxylic acids is 2. The number of hydrogen-bond acceptors (Lipinski definition) is 9. The average molecular weight is 633 g/mol. The highest BCUT2D eigenvalue weighted by atomic mass is 28.4. The van der Waals surface area contributed by atoms with Crippen molar-refractivity contribution < 1.29 is 23.2 Å². The number of nitrogens with one attached hydrogen (secondary N) is 2. The predicted molar refractivity (Wildman–Crippen MR) is 180 cm³/mol. The minimum Gasteiger partial charge on any atom is -0.465 e. The Bertz CT molecular complexity index is 740. The zero-order chi connectivity index (χ0) is 32.3. The van der Waals surface area contributed by atoms with Crippen LogP contribution in [-0.2, 0) is 23.2 Å². The lowest BCUT2D eigenvalue weighted by molar-refractivity contribution is -0.148. The standard InChI is InChI=1S/C31H68N4O5Si2/c1-24(17-18-34-28(5)15-13-26(3)32)30(36)38-19-11-21-41(7,8)40-42(9,10)22-12-20-39-31(37)25(2)23-35-29(6)16-14-27(4)33/h24-29,34-35H,11-23,32-33H2,1-10H3. The molecule has 11 heteroatoms. The Labute approximate surface area is 260 Å². The van der Waals surface area contributed by atoms with Crippen LogP contribution in [0.1, 0.15) is 86.5 Å². The van der Waals surface area contributed by atoms with Gasteiger partial charge in [0.15, 0.2) is 16.6 Å². The smallest absolute Gasteiger partial charge is 0.309 e. The van der Waals surface area contributed by atoms with Gasteiger partial charge in [-0.3, -0.25) is 9.59 Å². The molecule has 0 aliphatic carbocycles. The summed E-state index contributed by atoms with van der Waals surface area (Å²) in [4.78, 5) is 24.8. The lowest BCUT2D eigenvalue weighted by atomic mass is 10.1. The first-order valence-electron chi connectivity index (χ1n) is 16.5. The highest BCUT2D eigenvalue weighted by Gasteiger charge is 2.32. The second-order valence-electron chi connectivity index (χ2n) is 14.0. The van der Waals surface area contributed by atoms with Gasteiger partial charge in [0.2, 0.25) is 0 Å². The Balaban J connectivity index is 4.17. The maximum atomic E-state index is 12.4. The van der Waals surface area contributed by atoms with Crippen molar-refractivity contribution in [2.24, 2.45) is 23.3 Å². The van der Waals surface area contributed by atoms with Crippen LogP contribution in [0.15, 0.2) is 0 Å². The molecule has 9 nitrogen and oxygen atoms in total. The number of esters is 2. The molecule has 250 valence electrons. The van der Waals surface area contributed by atoms with Crippen molar-refractivity contribution in [2.75, 3.05) is 26.3 Å². The molecule has 0 fully saturated rings. The second-order valence-corrected chi connectivity index (χ2v) is 22.9. The molecule has 0 aromatic carbocycles. The van der Waals surface area contributed by atoms with Crippen LogP contribution in [0.25, 0.3) is 0 Å². The van der Waals surface area contributed by atoms with Crippen molar-refractivity contribution in [3.63, 3.8) is 0 Å². The predicted octanol–water partition coefficient (Wildman–Crippen LogP) is 5.15. The fraction of sp³-hybridized carbons (Fsp3) is 0.935. The van der Waals surface area contributed by atoms with E-state index in [1.165, 1.54) is 0 Å². The van der Waals surface area contributed by atoms with Gasteiger partial charge in [-0.15, -0.1) is 0 Å². The molecule has 6 N–H and O–H groups in total. The second kappa shape index (κ2) is 21.8. The third-order valence-electron chi connectivity index (χ3n) is 7.65. The first kappa shape index (κ1) is 41.2. The van der Waals surface area contributed by atoms with Crippen LogP contribution in [-0.4, -0.2) is 79.0 Å². The Morgan fingerprint density at radius 2 is 1.07 bits per heavy atom. The summed E-state index contributed by atoms with van der Waals surface area (Å²) in [5.41, 5.74) is 11.7. The van der Waals surface area contributed by atoms with E-state index in [2.05, 4.69) is 50.7 Å². The number of carbonyl (C=O) groups is 2. The van der Waals surface area contributed by atoms with Gasteiger partial charge >= 0.3 is 11.9 Å². The van der Waals surface area contributed by atoms with Crippen LogP contribution in [0.2, 0.25) is 38.3 Å². The van der Waals surface area contributed by atoms with Crippen LogP contribution in [0, 0.1) is 11.8 Å². The number of rotatable bonds is 25. The average Bonchev–Trinajstić information content (AvgIpc) is 2.88. The lowest BCUT2D eigenvalue weighted by Crippen LogP contribution is -2.44. The maximum absolute atomic E-state index is 12.4. The fourth-order valence-corrected chi connectivity index (χ4v) is 13.6. The van der Waals surface area contributed by atoms with E-state index in [0.29, 0.717) is 31.8 Å². The van der Waals surface area contributed by atoms with E-state index < -0.39 is 16.6 Å². The molecule has 0 aliphatic heterocycles. The minimum absolute atomic E-state index is 0.117. The van der Waals surface area contributed by atoms with Crippen molar-refractivity contribution >= 4 is 28.6 Å². The van der Waals surface area contributed by atoms with Crippen LogP contribution >= 0.6 is 0 Å². The lowest BCUT2D eigenvalue weighted by Gasteiger charge is -2.34. The normalized spacial score (nSPS) is 16.8. The molecular formula is C31H68N4O5Si2. The first-order chi connectivity index (χ1) is 19.4. The van der Waals surface area contributed by atoms with E-state index in [0.717, 1.165) is 63.6 Å². The molecule has 0 bridgehead atoms. The fourth-order valence-electron chi connectivity index (χ4n) is 4.83. The molecule has 6 atom stereocenters. The van der Waals surface area contributed by atoms with Crippen molar-refractivity contribution in [3.05, 3.63) is 0 Å². The van der Waals surface area contributed by atoms with Gasteiger partial charge < -0.3 is 35.7 Å². The largest absolute Gasteiger partial charge is 0.465 e. The van der Waals surface area contributed by atoms with Crippen molar-refractivity contribution in [3.8, 4) is 0 Å². The van der Waals surface area contributed by atoms with Crippen LogP contribution in [0.4, 0.5) is 0 Å². The molecule has 6 unspecified atom stereocenters. The summed E-state index contributed by atoms with van der Waals surface area (Å²) in [6.07, 6.45) is 6.41. The number of hydrogen-bond donors (Lipinski definition) is 4. The quantitative estimate of drug-likeness (QED) is 0.0611. The van der Waals surface area contributed by atoms with Gasteiger partial charge in [0.25, 0.3) is 0 Å². The number of ether oxygens (including phenoxy) is 2. The van der Waals surface area contributed by atoms with E-state index in [1.54, 1.807) is 0 Å². The van der Waals surface area contributed by atoms with Gasteiger partial charge in [-0.05, 0) is 117 Å². The highest BCUT2D eigenvalue weighted by molar-refractivity contribution is 6.84. The molecule has 0 heterocycles. The summed E-state index contributed by atoms with van der Waals surface area (Å²) in [5.74, 6) is -0.564. The first-order valence-corrected chi connectivity index (χ1v) is 22.7. The molecule has 0 radical (unpaired) electrons. The molecule has 0 rings (SSSR count). The van der Waals surface area contributed by atoms with Gasteiger partial charge in [0.1, 0.15) is 0 Å². The summed E-state index contributed by atoms with van der Waals surface area (Å²) in [6.45, 7) is 23.4. The summed E-state index contributed by atoms with van der Waals surface area (Å²) < 4.78 is 17.8. The van der Waals surface area contributed by atoms with Crippen molar-refractivity contribution in [2.45, 2.75) is 149 Å². The van der Waals surface area contributed by atoms with Crippen LogP contribution < -0.4 is 22.1 Å². The maximum Gasteiger partial charge on any atom is 0.309 e. The summed E-state index contributed by atoms with van der Waals surface area (Å²) in [6, 6.07) is 3.04. The van der Waals surface area contributed by atoms with E-state index in [1.807, 2.05) is 27.7 Å². The topological polar surface area (TPSA) is 138 Å². The van der Waals surface area contributed by atoms with Crippen molar-refractivity contribution in [1.82, 2.24) is 10.6 Å². The summed E-state index contributed by atoms with van der Waals surface area (Å²) in [5, 5.41) is 6.89. The molecule has 0 aromatic rings. The molecule has 0 saturated carbocycles. The van der Waals surface area contributed by atoms with Gasteiger partial charge in [-0.1, -0.05) is 13.8 Å². The van der Waals surface area contributed by atoms with Gasteiger partial charge in [-0.25, -0.2) is 0 Å². The van der Waals surface area contributed by atoms with Gasteiger partial charge in [-0.2, -0.15) is 0 Å². The van der Waals surface area contributed by atoms with Crippen molar-refractivity contribution in [1.29, 1.82) is 0 Å². The molecule has 0 aromatic heterocycles. The highest BCUT2D eigenvalue weighted by Crippen LogP contribution is 2.24. The van der Waals surface area contributed by atoms with E-state index in [9.17, 15) is 9.59 Å². The third-order valence-corrected chi connectivity index (χ3v) is 15.2. The van der Waals surface area contributed by atoms with Crippen LogP contribution in [0.5, 0.6) is 0 Å². The molecule has 0 amide bonds. The SMILES string of the molecule is CC(N)CCC(C)NCCC(C)C(=O)OCCC[Si](C)(C)O[Si](C)(C)CCCOC(=O)C(C)CNC(C)CCC(C)N. The van der Waals surface area contributed by atoms with Gasteiger partial charge in [0, 0.05) is 30.7 Å². The zero-order valence-corrected chi connectivity index (χ0v) is 30.9. The Kier molecular flexibility index (Phi) is 21.4.